The fourth-order valence-electron chi connectivity index (χ4n) is 5.46. The quantitative estimate of drug-likeness (QED) is 0.219. The van der Waals surface area contributed by atoms with Gasteiger partial charge in [0, 0.05) is 52.5 Å². The summed E-state index contributed by atoms with van der Waals surface area (Å²) in [4.78, 5) is 4.73. The first-order chi connectivity index (χ1) is 19.8. The molecule has 0 amide bonds. The molecule has 0 N–H and O–H groups in total. The summed E-state index contributed by atoms with van der Waals surface area (Å²) < 4.78 is 6.00. The standard InChI is InChI=1S/C35H28N4O/c1-2-38-24-27-19-22-30(23-32(27)31-15-9-10-16-33(31)38)39(28-13-7-4-8-14-28)29-20-17-26(18-21-29)35-37-36-34(40-35)25-11-5-3-6-12-25/h3-23H,2,24H2,1H3. The summed E-state index contributed by atoms with van der Waals surface area (Å²) in [7, 11) is 0. The number of hydrogen-bond donors (Lipinski definition) is 0. The van der Waals surface area contributed by atoms with Crippen molar-refractivity contribution in [2.75, 3.05) is 16.3 Å². The molecule has 2 heterocycles. The Morgan fingerprint density at radius 2 is 1.23 bits per heavy atom. The highest BCUT2D eigenvalue weighted by molar-refractivity contribution is 5.88. The summed E-state index contributed by atoms with van der Waals surface area (Å²) in [6.45, 7) is 4.11. The molecule has 0 aliphatic carbocycles. The average Bonchev–Trinajstić information content (AvgIpc) is 3.53. The van der Waals surface area contributed by atoms with Gasteiger partial charge >= 0.3 is 0 Å². The maximum atomic E-state index is 6.00. The first-order valence-corrected chi connectivity index (χ1v) is 13.6. The molecule has 5 aromatic carbocycles. The normalized spacial score (nSPS) is 12.1. The van der Waals surface area contributed by atoms with Gasteiger partial charge in [0.05, 0.1) is 0 Å². The Bertz CT molecular complexity index is 1760. The number of fused-ring (bicyclic) bond motifs is 3. The average molecular weight is 521 g/mol. The van der Waals surface area contributed by atoms with Crippen molar-refractivity contribution in [2.24, 2.45) is 0 Å². The van der Waals surface area contributed by atoms with Crippen molar-refractivity contribution in [3.8, 4) is 34.0 Å². The van der Waals surface area contributed by atoms with Crippen LogP contribution >= 0.6 is 0 Å². The van der Waals surface area contributed by atoms with Gasteiger partial charge in [-0.1, -0.05) is 60.7 Å². The minimum Gasteiger partial charge on any atom is -0.416 e. The van der Waals surface area contributed by atoms with Gasteiger partial charge in [-0.05, 0) is 84.8 Å². The molecule has 40 heavy (non-hydrogen) atoms. The van der Waals surface area contributed by atoms with E-state index in [1.54, 1.807) is 0 Å². The van der Waals surface area contributed by atoms with E-state index < -0.39 is 0 Å². The van der Waals surface area contributed by atoms with E-state index in [1.807, 2.05) is 48.5 Å². The first-order valence-electron chi connectivity index (χ1n) is 13.6. The van der Waals surface area contributed by atoms with E-state index in [2.05, 4.69) is 106 Å². The van der Waals surface area contributed by atoms with Crippen LogP contribution in [0, 0.1) is 0 Å². The summed E-state index contributed by atoms with van der Waals surface area (Å²) >= 11 is 0. The van der Waals surface area contributed by atoms with Crippen molar-refractivity contribution in [3.63, 3.8) is 0 Å². The van der Waals surface area contributed by atoms with E-state index in [1.165, 1.54) is 22.4 Å². The first kappa shape index (κ1) is 23.9. The third-order valence-electron chi connectivity index (χ3n) is 7.46. The van der Waals surface area contributed by atoms with E-state index in [-0.39, 0.29) is 0 Å². The molecule has 1 aliphatic rings. The number of anilines is 4. The molecular formula is C35H28N4O. The molecule has 0 saturated heterocycles. The maximum Gasteiger partial charge on any atom is 0.248 e. The van der Waals surface area contributed by atoms with Crippen LogP contribution in [0.1, 0.15) is 12.5 Å². The molecule has 0 unspecified atom stereocenters. The van der Waals surface area contributed by atoms with Crippen LogP contribution in [0.15, 0.2) is 132 Å². The van der Waals surface area contributed by atoms with Gasteiger partial charge in [0.1, 0.15) is 0 Å². The number of hydrogen-bond acceptors (Lipinski definition) is 5. The summed E-state index contributed by atoms with van der Waals surface area (Å²) in [6.07, 6.45) is 0. The molecule has 0 fully saturated rings. The summed E-state index contributed by atoms with van der Waals surface area (Å²) in [5.41, 5.74) is 10.3. The number of aromatic nitrogens is 2. The van der Waals surface area contributed by atoms with Crippen LogP contribution in [-0.4, -0.2) is 16.7 Å². The summed E-state index contributed by atoms with van der Waals surface area (Å²) in [6, 6.07) is 44.2. The lowest BCUT2D eigenvalue weighted by molar-refractivity contribution is 0.584. The van der Waals surface area contributed by atoms with E-state index >= 15 is 0 Å². The van der Waals surface area contributed by atoms with Crippen LogP contribution in [0.3, 0.4) is 0 Å². The van der Waals surface area contributed by atoms with Crippen molar-refractivity contribution in [1.82, 2.24) is 10.2 Å². The van der Waals surface area contributed by atoms with Crippen molar-refractivity contribution < 1.29 is 4.42 Å². The van der Waals surface area contributed by atoms with Crippen LogP contribution in [0.5, 0.6) is 0 Å². The monoisotopic (exact) mass is 520 g/mol. The van der Waals surface area contributed by atoms with Gasteiger partial charge in [-0.3, -0.25) is 0 Å². The van der Waals surface area contributed by atoms with Crippen LogP contribution in [0.2, 0.25) is 0 Å². The molecular weight excluding hydrogens is 492 g/mol. The van der Waals surface area contributed by atoms with Gasteiger partial charge in [-0.15, -0.1) is 10.2 Å². The van der Waals surface area contributed by atoms with Gasteiger partial charge in [0.25, 0.3) is 0 Å². The Kier molecular flexibility index (Phi) is 6.09. The van der Waals surface area contributed by atoms with Crippen molar-refractivity contribution in [2.45, 2.75) is 13.5 Å². The molecule has 1 aromatic heterocycles. The lowest BCUT2D eigenvalue weighted by Crippen LogP contribution is -2.26. The van der Waals surface area contributed by atoms with Gasteiger partial charge in [-0.2, -0.15) is 0 Å². The van der Waals surface area contributed by atoms with E-state index in [4.69, 9.17) is 4.42 Å². The zero-order valence-electron chi connectivity index (χ0n) is 22.2. The molecule has 7 rings (SSSR count). The van der Waals surface area contributed by atoms with Crippen LogP contribution < -0.4 is 9.80 Å². The molecule has 0 radical (unpaired) electrons. The molecule has 1 aliphatic heterocycles. The number of nitrogens with zero attached hydrogens (tertiary/aromatic N) is 4. The molecule has 5 heteroatoms. The van der Waals surface area contributed by atoms with Crippen LogP contribution in [-0.2, 0) is 6.54 Å². The Hall–Kier alpha value is -5.16. The Balaban J connectivity index is 1.27. The van der Waals surface area contributed by atoms with Gasteiger partial charge in [-0.25, -0.2) is 0 Å². The fraction of sp³-hybridized carbons (Fsp3) is 0.0857. The fourth-order valence-corrected chi connectivity index (χ4v) is 5.46. The van der Waals surface area contributed by atoms with Gasteiger partial charge < -0.3 is 14.2 Å². The second kappa shape index (κ2) is 10.2. The highest BCUT2D eigenvalue weighted by Crippen LogP contribution is 2.43. The van der Waals surface area contributed by atoms with E-state index in [0.717, 1.165) is 41.3 Å². The third-order valence-corrected chi connectivity index (χ3v) is 7.46. The highest BCUT2D eigenvalue weighted by Gasteiger charge is 2.23. The van der Waals surface area contributed by atoms with Gasteiger partial charge in [0.2, 0.25) is 11.8 Å². The highest BCUT2D eigenvalue weighted by atomic mass is 16.4. The number of para-hydroxylation sites is 2. The zero-order valence-corrected chi connectivity index (χ0v) is 22.2. The molecule has 5 nitrogen and oxygen atoms in total. The lowest BCUT2D eigenvalue weighted by Gasteiger charge is -2.33. The largest absolute Gasteiger partial charge is 0.416 e. The topological polar surface area (TPSA) is 45.4 Å². The van der Waals surface area contributed by atoms with Crippen molar-refractivity contribution in [1.29, 1.82) is 0 Å². The Morgan fingerprint density at radius 3 is 1.95 bits per heavy atom. The minimum atomic E-state index is 0.502. The third kappa shape index (κ3) is 4.31. The Morgan fingerprint density at radius 1 is 0.625 bits per heavy atom. The predicted molar refractivity (Wildman–Crippen MR) is 162 cm³/mol. The molecule has 6 aromatic rings. The summed E-state index contributed by atoms with van der Waals surface area (Å²) in [5, 5.41) is 8.56. The van der Waals surface area contributed by atoms with Crippen molar-refractivity contribution in [3.05, 3.63) is 133 Å². The summed E-state index contributed by atoms with van der Waals surface area (Å²) in [5.74, 6) is 1.02. The minimum absolute atomic E-state index is 0.502. The second-order valence-corrected chi connectivity index (χ2v) is 9.87. The van der Waals surface area contributed by atoms with E-state index in [0.29, 0.717) is 11.8 Å². The Labute approximate surface area is 234 Å². The second-order valence-electron chi connectivity index (χ2n) is 9.87. The van der Waals surface area contributed by atoms with Gasteiger partial charge in [0.15, 0.2) is 0 Å². The lowest BCUT2D eigenvalue weighted by atomic mass is 9.92. The smallest absolute Gasteiger partial charge is 0.248 e. The molecule has 0 atom stereocenters. The molecule has 0 bridgehead atoms. The number of benzene rings is 5. The SMILES string of the molecule is CCN1Cc2ccc(N(c3ccccc3)c3ccc(-c4nnc(-c5ccccc5)o4)cc3)cc2-c2ccccc21. The maximum absolute atomic E-state index is 6.00. The van der Waals surface area contributed by atoms with E-state index in [9.17, 15) is 0 Å². The van der Waals surface area contributed by atoms with Crippen LogP contribution in [0.4, 0.5) is 22.7 Å². The van der Waals surface area contributed by atoms with Crippen LogP contribution in [0.25, 0.3) is 34.0 Å². The van der Waals surface area contributed by atoms with Crippen molar-refractivity contribution >= 4 is 22.7 Å². The molecule has 0 spiro atoms. The number of rotatable bonds is 6. The molecule has 194 valence electrons. The molecule has 0 saturated carbocycles. The predicted octanol–water partition coefficient (Wildman–Crippen LogP) is 8.88. The zero-order chi connectivity index (χ0) is 26.9.